The summed E-state index contributed by atoms with van der Waals surface area (Å²) in [5, 5.41) is 0. The molecule has 2 aliphatic carbocycles. The molecule has 13 heteroatoms. The van der Waals surface area contributed by atoms with Crippen LogP contribution in [-0.2, 0) is 52.3 Å². The van der Waals surface area contributed by atoms with E-state index in [0.29, 0.717) is 25.0 Å². The van der Waals surface area contributed by atoms with Crippen LogP contribution in [-0.4, -0.2) is 89.9 Å². The molecule has 5 fully saturated rings. The third kappa shape index (κ3) is 7.88. The van der Waals surface area contributed by atoms with Gasteiger partial charge < -0.3 is 33.2 Å². The van der Waals surface area contributed by atoms with E-state index < -0.39 is 65.1 Å². The molecule has 3 heterocycles. The molecular formula is C42H57NO12. The number of nitrogens with zero attached hydrogens (tertiary/aromatic N) is 1. The molecule has 0 aromatic heterocycles. The molecule has 5 aliphatic rings. The Bertz CT molecular complexity index is 1690. The Kier molecular flexibility index (Phi) is 11.0. The van der Waals surface area contributed by atoms with Gasteiger partial charge in [-0.25, -0.2) is 14.4 Å². The molecule has 0 radical (unpaired) electrons. The van der Waals surface area contributed by atoms with Gasteiger partial charge in [0.2, 0.25) is 0 Å². The summed E-state index contributed by atoms with van der Waals surface area (Å²) in [6, 6.07) is 8.22. The smallest absolute Gasteiger partial charge is 0.413 e. The van der Waals surface area contributed by atoms with E-state index in [9.17, 15) is 24.0 Å². The number of ether oxygens (including phenoxy) is 7. The average Bonchev–Trinajstić information content (AvgIpc) is 3.70. The number of allylic oxidation sites excluding steroid dienone is 1. The van der Waals surface area contributed by atoms with Crippen LogP contribution in [0.25, 0.3) is 0 Å². The minimum atomic E-state index is -1.24. The van der Waals surface area contributed by atoms with Crippen molar-refractivity contribution in [2.24, 2.45) is 22.7 Å². The number of hydrogen-bond donors (Lipinski definition) is 0. The Labute approximate surface area is 323 Å². The van der Waals surface area contributed by atoms with E-state index in [1.165, 1.54) is 11.8 Å². The second kappa shape index (κ2) is 14.8. The van der Waals surface area contributed by atoms with Gasteiger partial charge in [-0.3, -0.25) is 14.5 Å². The van der Waals surface area contributed by atoms with E-state index in [-0.39, 0.29) is 54.0 Å². The molecular weight excluding hydrogens is 710 g/mol. The average molecular weight is 768 g/mol. The van der Waals surface area contributed by atoms with E-state index in [1.807, 2.05) is 36.4 Å². The first-order valence-electron chi connectivity index (χ1n) is 19.5. The van der Waals surface area contributed by atoms with Crippen LogP contribution < -0.4 is 0 Å². The molecule has 0 N–H and O–H groups in total. The van der Waals surface area contributed by atoms with Gasteiger partial charge in [-0.05, 0) is 89.5 Å². The zero-order valence-corrected chi connectivity index (χ0v) is 33.6. The highest BCUT2D eigenvalue weighted by Gasteiger charge is 2.68. The fourth-order valence-corrected chi connectivity index (χ4v) is 9.89. The Hall–Kier alpha value is -3.97. The van der Waals surface area contributed by atoms with Gasteiger partial charge in [-0.15, -0.1) is 0 Å². The predicted octanol–water partition coefficient (Wildman–Crippen LogP) is 6.37. The molecule has 302 valence electrons. The molecule has 13 nitrogen and oxygen atoms in total. The lowest BCUT2D eigenvalue weighted by molar-refractivity contribution is -0.203. The maximum absolute atomic E-state index is 14.1. The minimum Gasteiger partial charge on any atom is -0.465 e. The largest absolute Gasteiger partial charge is 0.465 e. The Morgan fingerprint density at radius 2 is 1.69 bits per heavy atom. The molecule has 1 aromatic rings. The number of epoxide rings is 1. The van der Waals surface area contributed by atoms with Crippen LogP contribution in [0.1, 0.15) is 112 Å². The van der Waals surface area contributed by atoms with Gasteiger partial charge in [-0.2, -0.15) is 0 Å². The number of fused-ring (bicyclic) bond motifs is 1. The third-order valence-corrected chi connectivity index (χ3v) is 12.5. The van der Waals surface area contributed by atoms with Crippen molar-refractivity contribution in [3.05, 3.63) is 47.5 Å². The molecule has 1 amide bonds. The number of benzene rings is 1. The van der Waals surface area contributed by atoms with Crippen LogP contribution >= 0.6 is 0 Å². The monoisotopic (exact) mass is 767 g/mol. The lowest BCUT2D eigenvalue weighted by atomic mass is 9.45. The van der Waals surface area contributed by atoms with Crippen LogP contribution in [0.4, 0.5) is 4.79 Å². The van der Waals surface area contributed by atoms with E-state index in [1.54, 1.807) is 41.5 Å². The second-order valence-corrected chi connectivity index (χ2v) is 17.8. The molecule has 55 heavy (non-hydrogen) atoms. The van der Waals surface area contributed by atoms with Crippen LogP contribution in [0, 0.1) is 22.7 Å². The summed E-state index contributed by atoms with van der Waals surface area (Å²) in [7, 11) is 0. The topological polar surface area (TPSA) is 156 Å². The number of cyclic esters (lactones) is 1. The van der Waals surface area contributed by atoms with Crippen molar-refractivity contribution in [1.29, 1.82) is 0 Å². The van der Waals surface area contributed by atoms with Crippen LogP contribution in [0.2, 0.25) is 0 Å². The SMILES string of the molecule is CCC(=O)O[C@@H]1CC[C@@]2(C)C(CCC3(CO3)[C@H]2C/C=C2\C(=O)OC[C@H]2OC(=O)C2OC(C)(C)N(C(=O)OC(C)(C)C)C2c2ccccc2)[C@]1(C)COC(C)=O. The van der Waals surface area contributed by atoms with Crippen molar-refractivity contribution in [2.75, 3.05) is 19.8 Å². The minimum absolute atomic E-state index is 0.0100. The van der Waals surface area contributed by atoms with E-state index in [2.05, 4.69) is 13.8 Å². The lowest BCUT2D eigenvalue weighted by Gasteiger charge is -2.61. The summed E-state index contributed by atoms with van der Waals surface area (Å²) in [5.74, 6) is -2.03. The second-order valence-electron chi connectivity index (χ2n) is 17.8. The first-order valence-corrected chi connectivity index (χ1v) is 19.5. The number of carbonyl (C=O) groups is 5. The van der Waals surface area contributed by atoms with E-state index in [0.717, 1.165) is 19.3 Å². The normalized spacial score (nSPS) is 35.8. The molecule has 2 saturated carbocycles. The molecule has 3 aliphatic heterocycles. The summed E-state index contributed by atoms with van der Waals surface area (Å²) < 4.78 is 41.4. The third-order valence-electron chi connectivity index (χ3n) is 12.5. The number of hydrogen-bond acceptors (Lipinski definition) is 12. The first kappa shape index (κ1) is 40.7. The maximum atomic E-state index is 14.1. The number of rotatable bonds is 9. The van der Waals surface area contributed by atoms with Gasteiger partial charge in [-0.1, -0.05) is 57.2 Å². The molecule has 0 bridgehead atoms. The van der Waals surface area contributed by atoms with Crippen molar-refractivity contribution in [2.45, 2.75) is 142 Å². The number of carbonyl (C=O) groups excluding carboxylic acids is 5. The van der Waals surface area contributed by atoms with E-state index in [4.69, 9.17) is 33.2 Å². The van der Waals surface area contributed by atoms with Gasteiger partial charge >= 0.3 is 30.0 Å². The van der Waals surface area contributed by atoms with Gasteiger partial charge in [0, 0.05) is 18.8 Å². The Morgan fingerprint density at radius 1 is 1.00 bits per heavy atom. The lowest BCUT2D eigenvalue weighted by Crippen LogP contribution is -2.61. The zero-order chi connectivity index (χ0) is 40.1. The molecule has 4 unspecified atom stereocenters. The van der Waals surface area contributed by atoms with Crippen molar-refractivity contribution < 1.29 is 57.1 Å². The highest BCUT2D eigenvalue weighted by atomic mass is 16.6. The first-order chi connectivity index (χ1) is 25.7. The Morgan fingerprint density at radius 3 is 2.31 bits per heavy atom. The van der Waals surface area contributed by atoms with E-state index >= 15 is 0 Å². The van der Waals surface area contributed by atoms with Crippen molar-refractivity contribution >= 4 is 30.0 Å². The summed E-state index contributed by atoms with van der Waals surface area (Å²) >= 11 is 0. The summed E-state index contributed by atoms with van der Waals surface area (Å²) in [6.45, 7) is 16.7. The van der Waals surface area contributed by atoms with Crippen molar-refractivity contribution in [1.82, 2.24) is 4.90 Å². The molecule has 1 aromatic carbocycles. The maximum Gasteiger partial charge on any atom is 0.413 e. The highest BCUT2D eigenvalue weighted by Crippen LogP contribution is 2.67. The molecule has 3 saturated heterocycles. The fraction of sp³-hybridized carbons (Fsp3) is 0.690. The molecule has 1 spiro atoms. The van der Waals surface area contributed by atoms with Crippen LogP contribution in [0.5, 0.6) is 0 Å². The van der Waals surface area contributed by atoms with Crippen LogP contribution in [0.15, 0.2) is 42.0 Å². The number of amides is 1. The van der Waals surface area contributed by atoms with Gasteiger partial charge in [0.05, 0.1) is 17.8 Å². The fourth-order valence-electron chi connectivity index (χ4n) is 9.89. The number of esters is 4. The summed E-state index contributed by atoms with van der Waals surface area (Å²) in [4.78, 5) is 67.1. The predicted molar refractivity (Wildman–Crippen MR) is 197 cm³/mol. The van der Waals surface area contributed by atoms with Gasteiger partial charge in [0.1, 0.15) is 36.7 Å². The van der Waals surface area contributed by atoms with Gasteiger partial charge in [0.15, 0.2) is 12.2 Å². The van der Waals surface area contributed by atoms with Crippen molar-refractivity contribution in [3.63, 3.8) is 0 Å². The zero-order valence-electron chi connectivity index (χ0n) is 33.6. The molecule has 6 rings (SSSR count). The quantitative estimate of drug-likeness (QED) is 0.119. The molecule has 9 atom stereocenters. The highest BCUT2D eigenvalue weighted by molar-refractivity contribution is 5.92. The van der Waals surface area contributed by atoms with Crippen LogP contribution in [0.3, 0.4) is 0 Å². The van der Waals surface area contributed by atoms with Gasteiger partial charge in [0.25, 0.3) is 0 Å². The summed E-state index contributed by atoms with van der Waals surface area (Å²) in [6.07, 6.45) is 2.10. The standard InChI is InChI=1S/C42H57NO12/c1-10-32(45)53-31-19-20-40(8)29(41(31,9)23-50-25(2)44)18-21-42(24-51-42)30(40)17-16-27-28(22-49-35(27)46)52-36(47)34-33(26-14-12-11-13-15-26)43(39(6,7)54-34)37(48)55-38(3,4)5/h11-16,28-31,33-34H,10,17-24H2,1-9H3/b27-16-/t28-,29?,30+,31-,33?,34?,40+,41+,42?/m1/s1. The summed E-state index contributed by atoms with van der Waals surface area (Å²) in [5.41, 5.74) is -2.50. The van der Waals surface area contributed by atoms with Crippen molar-refractivity contribution in [3.8, 4) is 0 Å². The Balaban J connectivity index is 1.25.